The minimum Gasteiger partial charge on any atom is -0.493 e. The summed E-state index contributed by atoms with van der Waals surface area (Å²) in [4.78, 5) is 4.65. The molecule has 0 radical (unpaired) electrons. The van der Waals surface area contributed by atoms with Gasteiger partial charge in [0.25, 0.3) is 0 Å². The highest BCUT2D eigenvalue weighted by molar-refractivity contribution is 5.83. The maximum absolute atomic E-state index is 5.36. The SMILES string of the molecule is COc1ccc(C2Cc3ccccc3C=N2)cc1OC. The van der Waals surface area contributed by atoms with Gasteiger partial charge in [0.05, 0.1) is 20.3 Å². The predicted octanol–water partition coefficient (Wildman–Crippen LogP) is 3.42. The molecular weight excluding hydrogens is 250 g/mol. The molecule has 1 unspecified atom stereocenters. The zero-order valence-corrected chi connectivity index (χ0v) is 11.7. The van der Waals surface area contributed by atoms with Crippen LogP contribution in [0.4, 0.5) is 0 Å². The third kappa shape index (κ3) is 2.27. The van der Waals surface area contributed by atoms with E-state index in [1.807, 2.05) is 24.4 Å². The molecule has 102 valence electrons. The topological polar surface area (TPSA) is 30.8 Å². The Labute approximate surface area is 118 Å². The lowest BCUT2D eigenvalue weighted by molar-refractivity contribution is 0.354. The molecule has 3 heteroatoms. The molecule has 1 aliphatic heterocycles. The highest BCUT2D eigenvalue weighted by Crippen LogP contribution is 2.34. The van der Waals surface area contributed by atoms with Crippen molar-refractivity contribution >= 4 is 6.21 Å². The van der Waals surface area contributed by atoms with E-state index in [1.54, 1.807) is 14.2 Å². The number of fused-ring (bicyclic) bond motifs is 1. The van der Waals surface area contributed by atoms with Crippen molar-refractivity contribution in [2.24, 2.45) is 4.99 Å². The van der Waals surface area contributed by atoms with Crippen LogP contribution in [0.25, 0.3) is 0 Å². The van der Waals surface area contributed by atoms with Crippen molar-refractivity contribution < 1.29 is 9.47 Å². The molecule has 1 aliphatic rings. The van der Waals surface area contributed by atoms with E-state index >= 15 is 0 Å². The summed E-state index contributed by atoms with van der Waals surface area (Å²) >= 11 is 0. The molecule has 0 bridgehead atoms. The van der Waals surface area contributed by atoms with Crippen molar-refractivity contribution in [3.8, 4) is 11.5 Å². The maximum atomic E-state index is 5.36. The van der Waals surface area contributed by atoms with E-state index in [4.69, 9.17) is 9.47 Å². The number of benzene rings is 2. The number of nitrogens with zero attached hydrogens (tertiary/aromatic N) is 1. The second-order valence-corrected chi connectivity index (χ2v) is 4.81. The summed E-state index contributed by atoms with van der Waals surface area (Å²) in [6, 6.07) is 14.5. The number of hydrogen-bond donors (Lipinski definition) is 0. The lowest BCUT2D eigenvalue weighted by atomic mass is 9.93. The first-order chi connectivity index (χ1) is 9.81. The molecule has 1 atom stereocenters. The predicted molar refractivity (Wildman–Crippen MR) is 80.0 cm³/mol. The summed E-state index contributed by atoms with van der Waals surface area (Å²) in [6.45, 7) is 0. The van der Waals surface area contributed by atoms with E-state index in [0.29, 0.717) is 0 Å². The van der Waals surface area contributed by atoms with E-state index < -0.39 is 0 Å². The molecule has 0 fully saturated rings. The van der Waals surface area contributed by atoms with Gasteiger partial charge in [-0.3, -0.25) is 4.99 Å². The fraction of sp³-hybridized carbons (Fsp3) is 0.235. The third-order valence-corrected chi connectivity index (χ3v) is 3.65. The minimum absolute atomic E-state index is 0.143. The van der Waals surface area contributed by atoms with Gasteiger partial charge in [0, 0.05) is 6.21 Å². The Kier molecular flexibility index (Phi) is 3.42. The number of aliphatic imine (C=N–C) groups is 1. The van der Waals surface area contributed by atoms with Crippen LogP contribution in [-0.2, 0) is 6.42 Å². The van der Waals surface area contributed by atoms with Crippen LogP contribution >= 0.6 is 0 Å². The lowest BCUT2D eigenvalue weighted by Gasteiger charge is -2.20. The Bertz CT molecular complexity index is 649. The van der Waals surface area contributed by atoms with Crippen LogP contribution in [0.3, 0.4) is 0 Å². The Morgan fingerprint density at radius 2 is 1.80 bits per heavy atom. The monoisotopic (exact) mass is 267 g/mol. The van der Waals surface area contributed by atoms with Crippen LogP contribution in [0, 0.1) is 0 Å². The first kappa shape index (κ1) is 12.7. The van der Waals surface area contributed by atoms with Crippen LogP contribution in [0.15, 0.2) is 47.5 Å². The highest BCUT2D eigenvalue weighted by atomic mass is 16.5. The summed E-state index contributed by atoms with van der Waals surface area (Å²) in [6.07, 6.45) is 2.88. The first-order valence-corrected chi connectivity index (χ1v) is 6.65. The molecule has 0 amide bonds. The standard InChI is InChI=1S/C17H17NO2/c1-19-16-8-7-13(10-17(16)20-2)15-9-12-5-3-4-6-14(12)11-18-15/h3-8,10-11,15H,9H2,1-2H3. The second kappa shape index (κ2) is 5.37. The molecule has 2 aromatic rings. The van der Waals surface area contributed by atoms with Gasteiger partial charge < -0.3 is 9.47 Å². The van der Waals surface area contributed by atoms with Crippen LogP contribution in [0.1, 0.15) is 22.7 Å². The quantitative estimate of drug-likeness (QED) is 0.853. The number of methoxy groups -OCH3 is 2. The number of hydrogen-bond acceptors (Lipinski definition) is 3. The number of ether oxygens (including phenoxy) is 2. The molecule has 3 rings (SSSR count). The number of rotatable bonds is 3. The summed E-state index contributed by atoms with van der Waals surface area (Å²) in [5.74, 6) is 1.50. The van der Waals surface area contributed by atoms with Gasteiger partial charge in [-0.25, -0.2) is 0 Å². The summed E-state index contributed by atoms with van der Waals surface area (Å²) in [5.41, 5.74) is 3.69. The minimum atomic E-state index is 0.143. The highest BCUT2D eigenvalue weighted by Gasteiger charge is 2.18. The molecule has 0 aromatic heterocycles. The van der Waals surface area contributed by atoms with Crippen LogP contribution in [0.5, 0.6) is 11.5 Å². The summed E-state index contributed by atoms with van der Waals surface area (Å²) < 4.78 is 10.6. The van der Waals surface area contributed by atoms with E-state index in [0.717, 1.165) is 23.5 Å². The zero-order valence-electron chi connectivity index (χ0n) is 11.7. The smallest absolute Gasteiger partial charge is 0.161 e. The molecule has 0 saturated carbocycles. The van der Waals surface area contributed by atoms with Gasteiger partial charge in [-0.2, -0.15) is 0 Å². The molecule has 20 heavy (non-hydrogen) atoms. The molecule has 0 N–H and O–H groups in total. The molecule has 0 saturated heterocycles. The first-order valence-electron chi connectivity index (χ1n) is 6.65. The van der Waals surface area contributed by atoms with Crippen molar-refractivity contribution in [3.05, 3.63) is 59.2 Å². The zero-order chi connectivity index (χ0) is 13.9. The van der Waals surface area contributed by atoms with Gasteiger partial charge in [0.1, 0.15) is 0 Å². The Hall–Kier alpha value is -2.29. The molecule has 0 aliphatic carbocycles. The van der Waals surface area contributed by atoms with Crippen molar-refractivity contribution in [2.45, 2.75) is 12.5 Å². The molecular formula is C17H17NO2. The van der Waals surface area contributed by atoms with Crippen molar-refractivity contribution in [1.82, 2.24) is 0 Å². The fourth-order valence-electron chi connectivity index (χ4n) is 2.54. The van der Waals surface area contributed by atoms with Gasteiger partial charge in [0.2, 0.25) is 0 Å². The largest absolute Gasteiger partial charge is 0.493 e. The van der Waals surface area contributed by atoms with Gasteiger partial charge >= 0.3 is 0 Å². The molecule has 1 heterocycles. The molecule has 2 aromatic carbocycles. The Balaban J connectivity index is 1.92. The average Bonchev–Trinajstić information content (AvgIpc) is 2.53. The van der Waals surface area contributed by atoms with Crippen LogP contribution in [-0.4, -0.2) is 20.4 Å². The van der Waals surface area contributed by atoms with Gasteiger partial charge in [-0.1, -0.05) is 30.3 Å². The normalized spacial score (nSPS) is 16.6. The Morgan fingerprint density at radius 3 is 2.60 bits per heavy atom. The molecule has 3 nitrogen and oxygen atoms in total. The summed E-state index contributed by atoms with van der Waals surface area (Å²) in [7, 11) is 3.30. The molecule has 0 spiro atoms. The van der Waals surface area contributed by atoms with Crippen LogP contribution in [0.2, 0.25) is 0 Å². The van der Waals surface area contributed by atoms with E-state index in [-0.39, 0.29) is 6.04 Å². The van der Waals surface area contributed by atoms with Gasteiger partial charge in [-0.15, -0.1) is 0 Å². The van der Waals surface area contributed by atoms with Crippen LogP contribution < -0.4 is 9.47 Å². The van der Waals surface area contributed by atoms with E-state index in [2.05, 4.69) is 29.3 Å². The van der Waals surface area contributed by atoms with Gasteiger partial charge in [0.15, 0.2) is 11.5 Å². The summed E-state index contributed by atoms with van der Waals surface area (Å²) in [5, 5.41) is 0. The van der Waals surface area contributed by atoms with Crippen molar-refractivity contribution in [3.63, 3.8) is 0 Å². The van der Waals surface area contributed by atoms with Crippen molar-refractivity contribution in [1.29, 1.82) is 0 Å². The lowest BCUT2D eigenvalue weighted by Crippen LogP contribution is -2.08. The maximum Gasteiger partial charge on any atom is 0.161 e. The van der Waals surface area contributed by atoms with E-state index in [1.165, 1.54) is 11.1 Å². The Morgan fingerprint density at radius 1 is 1.00 bits per heavy atom. The van der Waals surface area contributed by atoms with Gasteiger partial charge in [-0.05, 0) is 35.2 Å². The third-order valence-electron chi connectivity index (χ3n) is 3.65. The average molecular weight is 267 g/mol. The second-order valence-electron chi connectivity index (χ2n) is 4.81. The fourth-order valence-corrected chi connectivity index (χ4v) is 2.54. The van der Waals surface area contributed by atoms with Crippen molar-refractivity contribution in [2.75, 3.05) is 14.2 Å². The van der Waals surface area contributed by atoms with E-state index in [9.17, 15) is 0 Å².